The Bertz CT molecular complexity index is 409. The number of esters is 1. The maximum atomic E-state index is 11.8. The lowest BCUT2D eigenvalue weighted by molar-refractivity contribution is -0.873. The highest BCUT2D eigenvalue weighted by atomic mass is 16.5. The number of aliphatic hydroxyl groups is 1. The number of carboxylic acids is 1. The van der Waals surface area contributed by atoms with Gasteiger partial charge in [-0.3, -0.25) is 9.59 Å². The normalized spacial score (nSPS) is 15.1. The number of aliphatic hydroxyl groups excluding tert-OH is 1. The average molecular weight is 314 g/mol. The van der Waals surface area contributed by atoms with Gasteiger partial charge in [-0.1, -0.05) is 31.2 Å². The van der Waals surface area contributed by atoms with E-state index < -0.39 is 24.1 Å². The molecule has 0 bridgehead atoms. The number of allylic oxidation sites excluding steroid dienone is 3. The van der Waals surface area contributed by atoms with E-state index in [1.807, 2.05) is 34.1 Å². The van der Waals surface area contributed by atoms with Crippen molar-refractivity contribution in [2.45, 2.75) is 38.4 Å². The van der Waals surface area contributed by atoms with E-state index in [0.29, 0.717) is 11.0 Å². The molecule has 0 aromatic carbocycles. The predicted octanol–water partition coefficient (Wildman–Crippen LogP) is 1.35. The van der Waals surface area contributed by atoms with Crippen LogP contribution in [0.15, 0.2) is 24.3 Å². The van der Waals surface area contributed by atoms with Crippen LogP contribution in [0.3, 0.4) is 0 Å². The fraction of sp³-hybridized carbons (Fsp3) is 0.625. The maximum absolute atomic E-state index is 11.8. The number of likely N-dealkylation sites (N-methyl/N-ethyl adjacent to an activating group) is 1. The number of rotatable bonds is 10. The Morgan fingerprint density at radius 2 is 1.82 bits per heavy atom. The molecule has 0 aromatic heterocycles. The fourth-order valence-corrected chi connectivity index (χ4v) is 1.83. The smallest absolute Gasteiger partial charge is 0.309 e. The van der Waals surface area contributed by atoms with Gasteiger partial charge in [0.15, 0.2) is 6.10 Å². The van der Waals surface area contributed by atoms with Gasteiger partial charge >= 0.3 is 11.9 Å². The molecular weight excluding hydrogens is 286 g/mol. The van der Waals surface area contributed by atoms with E-state index in [1.165, 1.54) is 6.08 Å². The van der Waals surface area contributed by atoms with Crippen LogP contribution >= 0.6 is 0 Å². The summed E-state index contributed by atoms with van der Waals surface area (Å²) in [6.07, 6.45) is 5.69. The average Bonchev–Trinajstić information content (AvgIpc) is 2.31. The topological polar surface area (TPSA) is 83.8 Å². The van der Waals surface area contributed by atoms with Gasteiger partial charge in [-0.15, -0.1) is 0 Å². The zero-order valence-corrected chi connectivity index (χ0v) is 13.9. The van der Waals surface area contributed by atoms with Gasteiger partial charge in [0.2, 0.25) is 0 Å². The number of aliphatic carboxylic acids is 1. The Labute approximate surface area is 132 Å². The Morgan fingerprint density at radius 1 is 1.18 bits per heavy atom. The van der Waals surface area contributed by atoms with E-state index in [4.69, 9.17) is 9.84 Å². The lowest BCUT2D eigenvalue weighted by atomic mass is 10.2. The molecule has 2 atom stereocenters. The minimum atomic E-state index is -1.02. The van der Waals surface area contributed by atoms with Gasteiger partial charge in [0.05, 0.1) is 40.1 Å². The molecule has 0 rings (SSSR count). The molecule has 0 fully saturated rings. The van der Waals surface area contributed by atoms with E-state index in [9.17, 15) is 14.7 Å². The SMILES string of the molecule is CC/C=C/C=C/C(O)CC(=O)OC(CC(=O)O)C[N+](C)(C)C. The molecule has 0 aliphatic rings. The third-order valence-corrected chi connectivity index (χ3v) is 2.64. The summed E-state index contributed by atoms with van der Waals surface area (Å²) in [5.41, 5.74) is 0. The van der Waals surface area contributed by atoms with Crippen molar-refractivity contribution in [3.63, 3.8) is 0 Å². The first kappa shape index (κ1) is 20.3. The monoisotopic (exact) mass is 314 g/mol. The van der Waals surface area contributed by atoms with E-state index in [2.05, 4.69) is 0 Å². The first-order chi connectivity index (χ1) is 10.1. The molecule has 0 saturated carbocycles. The standard InChI is InChI=1S/C16H27NO5/c1-5-6-7-8-9-13(18)10-16(21)22-14(11-15(19)20)12-17(2,3)4/h6-9,13-14,18H,5,10-12H2,1-4H3/p+1/b7-6+,9-8+. The number of nitrogens with zero attached hydrogens (tertiary/aromatic N) is 1. The van der Waals surface area contributed by atoms with Crippen molar-refractivity contribution in [2.75, 3.05) is 27.7 Å². The van der Waals surface area contributed by atoms with Crippen molar-refractivity contribution in [3.8, 4) is 0 Å². The molecule has 0 heterocycles. The molecule has 2 N–H and O–H groups in total. The zero-order valence-electron chi connectivity index (χ0n) is 13.9. The first-order valence-electron chi connectivity index (χ1n) is 7.37. The van der Waals surface area contributed by atoms with Crippen molar-refractivity contribution < 1.29 is 29.0 Å². The second kappa shape index (κ2) is 10.1. The van der Waals surface area contributed by atoms with E-state index >= 15 is 0 Å². The van der Waals surface area contributed by atoms with Crippen molar-refractivity contribution in [1.29, 1.82) is 0 Å². The number of hydrogen-bond donors (Lipinski definition) is 2. The van der Waals surface area contributed by atoms with Gasteiger partial charge in [0, 0.05) is 0 Å². The Balaban J connectivity index is 4.46. The predicted molar refractivity (Wildman–Crippen MR) is 84.2 cm³/mol. The number of quaternary nitrogens is 1. The van der Waals surface area contributed by atoms with Crippen LogP contribution in [-0.4, -0.2) is 66.5 Å². The highest BCUT2D eigenvalue weighted by Crippen LogP contribution is 2.08. The zero-order chi connectivity index (χ0) is 17.2. The highest BCUT2D eigenvalue weighted by Gasteiger charge is 2.25. The molecule has 0 aliphatic carbocycles. The van der Waals surface area contributed by atoms with Crippen LogP contribution in [0, 0.1) is 0 Å². The van der Waals surface area contributed by atoms with Gasteiger partial charge in [-0.25, -0.2) is 0 Å². The third kappa shape index (κ3) is 12.1. The van der Waals surface area contributed by atoms with E-state index in [-0.39, 0.29) is 12.8 Å². The van der Waals surface area contributed by atoms with Gasteiger partial charge in [0.1, 0.15) is 6.54 Å². The summed E-state index contributed by atoms with van der Waals surface area (Å²) in [6.45, 7) is 2.39. The van der Waals surface area contributed by atoms with Crippen LogP contribution in [0.5, 0.6) is 0 Å². The minimum Gasteiger partial charge on any atom is -0.481 e. The third-order valence-electron chi connectivity index (χ3n) is 2.64. The van der Waals surface area contributed by atoms with Crippen LogP contribution < -0.4 is 0 Å². The van der Waals surface area contributed by atoms with Crippen LogP contribution in [-0.2, 0) is 14.3 Å². The van der Waals surface area contributed by atoms with Crippen molar-refractivity contribution in [1.82, 2.24) is 0 Å². The molecule has 22 heavy (non-hydrogen) atoms. The van der Waals surface area contributed by atoms with Crippen molar-refractivity contribution in [2.24, 2.45) is 0 Å². The summed E-state index contributed by atoms with van der Waals surface area (Å²) in [6, 6.07) is 0. The van der Waals surface area contributed by atoms with Gasteiger partial charge in [-0.05, 0) is 6.42 Å². The number of carbonyl (C=O) groups excluding carboxylic acids is 1. The minimum absolute atomic E-state index is 0.191. The number of carboxylic acid groups (broad SMARTS) is 1. The highest BCUT2D eigenvalue weighted by molar-refractivity contribution is 5.72. The Hall–Kier alpha value is -1.66. The molecule has 0 aromatic rings. The summed E-state index contributed by atoms with van der Waals surface area (Å²) in [4.78, 5) is 22.6. The molecule has 6 nitrogen and oxygen atoms in total. The molecule has 0 aliphatic heterocycles. The molecular formula is C16H28NO5+. The molecule has 6 heteroatoms. The molecule has 0 saturated heterocycles. The van der Waals surface area contributed by atoms with Crippen LogP contribution in [0.4, 0.5) is 0 Å². The Morgan fingerprint density at radius 3 is 2.32 bits per heavy atom. The van der Waals surface area contributed by atoms with Crippen LogP contribution in [0.25, 0.3) is 0 Å². The summed E-state index contributed by atoms with van der Waals surface area (Å²) in [5.74, 6) is -1.62. The molecule has 126 valence electrons. The second-order valence-electron chi connectivity index (χ2n) is 6.18. The first-order valence-corrected chi connectivity index (χ1v) is 7.37. The van der Waals surface area contributed by atoms with Gasteiger partial charge in [0.25, 0.3) is 0 Å². The second-order valence-corrected chi connectivity index (χ2v) is 6.18. The lowest BCUT2D eigenvalue weighted by Crippen LogP contribution is -2.44. The van der Waals surface area contributed by atoms with Gasteiger partial charge < -0.3 is 19.4 Å². The van der Waals surface area contributed by atoms with E-state index in [1.54, 1.807) is 12.2 Å². The van der Waals surface area contributed by atoms with Crippen molar-refractivity contribution in [3.05, 3.63) is 24.3 Å². The van der Waals surface area contributed by atoms with E-state index in [0.717, 1.165) is 6.42 Å². The largest absolute Gasteiger partial charge is 0.481 e. The van der Waals surface area contributed by atoms with Crippen LogP contribution in [0.1, 0.15) is 26.2 Å². The van der Waals surface area contributed by atoms with Gasteiger partial charge in [-0.2, -0.15) is 0 Å². The van der Waals surface area contributed by atoms with Crippen LogP contribution in [0.2, 0.25) is 0 Å². The maximum Gasteiger partial charge on any atom is 0.309 e. The molecule has 0 spiro atoms. The fourth-order valence-electron chi connectivity index (χ4n) is 1.83. The van der Waals surface area contributed by atoms with Crippen molar-refractivity contribution >= 4 is 11.9 Å². The quantitative estimate of drug-likeness (QED) is 0.361. The Kier molecular flexibility index (Phi) is 9.37. The number of carbonyl (C=O) groups is 2. The summed E-state index contributed by atoms with van der Waals surface area (Å²) in [5, 5.41) is 18.6. The molecule has 2 unspecified atom stereocenters. The molecule has 0 radical (unpaired) electrons. The summed E-state index contributed by atoms with van der Waals surface area (Å²) in [7, 11) is 5.67. The summed E-state index contributed by atoms with van der Waals surface area (Å²) >= 11 is 0. The molecule has 0 amide bonds. The lowest BCUT2D eigenvalue weighted by Gasteiger charge is -2.28. The number of ether oxygens (including phenoxy) is 1. The number of hydrogen-bond acceptors (Lipinski definition) is 4. The summed E-state index contributed by atoms with van der Waals surface area (Å²) < 4.78 is 5.67.